The summed E-state index contributed by atoms with van der Waals surface area (Å²) in [6.45, 7) is 12.9. The van der Waals surface area contributed by atoms with Gasteiger partial charge >= 0.3 is 0 Å². The summed E-state index contributed by atoms with van der Waals surface area (Å²) in [6, 6.07) is 9.28. The van der Waals surface area contributed by atoms with E-state index in [2.05, 4.69) is 52.0 Å². The Morgan fingerprint density at radius 3 is 1.15 bits per heavy atom. The molecule has 1 rings (SSSR count). The highest BCUT2D eigenvalue weighted by Gasteiger charge is 2.25. The molecule has 1 N–H and O–H groups in total. The Bertz CT molecular complexity index is 520. The zero-order valence-electron chi connectivity index (χ0n) is 23.1. The number of nitrogens with zero attached hydrogens (tertiary/aromatic N) is 1. The standard InChI is InChI=1S/C31H58N.H2O/c1-5-8-9-10-11-12-13-14-15-16-17-18-19-20-21-22-23-24-29-32(6-2,7-3)31-27-25-30(4)26-28-31;/h25-28H,5-24,29H2,1-4H3;1H2/q+1;/p-1. The minimum Gasteiger partial charge on any atom is -0.870 e. The van der Waals surface area contributed by atoms with Crippen molar-refractivity contribution in [2.45, 2.75) is 143 Å². The van der Waals surface area contributed by atoms with Crippen molar-refractivity contribution in [2.75, 3.05) is 19.6 Å². The highest BCUT2D eigenvalue weighted by atomic mass is 16.0. The van der Waals surface area contributed by atoms with Crippen molar-refractivity contribution in [2.24, 2.45) is 0 Å². The van der Waals surface area contributed by atoms with Crippen LogP contribution in [-0.4, -0.2) is 25.1 Å². The van der Waals surface area contributed by atoms with Crippen LogP contribution in [0.3, 0.4) is 0 Å². The van der Waals surface area contributed by atoms with E-state index < -0.39 is 0 Å². The van der Waals surface area contributed by atoms with Gasteiger partial charge < -0.3 is 5.48 Å². The fourth-order valence-corrected chi connectivity index (χ4v) is 5.21. The maximum Gasteiger partial charge on any atom is 0.132 e. The van der Waals surface area contributed by atoms with Gasteiger partial charge in [-0.2, -0.15) is 0 Å². The molecular weight excluding hydrogens is 402 g/mol. The molecule has 0 spiro atoms. The number of rotatable bonds is 22. The monoisotopic (exact) mass is 461 g/mol. The van der Waals surface area contributed by atoms with E-state index in [1.807, 2.05) is 0 Å². The van der Waals surface area contributed by atoms with Gasteiger partial charge in [0.05, 0.1) is 19.6 Å². The Balaban J connectivity index is 0.0000102. The topological polar surface area (TPSA) is 30.0 Å². The molecule has 1 aromatic rings. The fraction of sp³-hybridized carbons (Fsp3) is 0.806. The van der Waals surface area contributed by atoms with Crippen LogP contribution in [0.25, 0.3) is 0 Å². The molecule has 194 valence electrons. The maximum absolute atomic E-state index is 2.36. The second-order valence-electron chi connectivity index (χ2n) is 10.3. The van der Waals surface area contributed by atoms with Crippen LogP contribution in [0.5, 0.6) is 0 Å². The highest BCUT2D eigenvalue weighted by Crippen LogP contribution is 2.25. The van der Waals surface area contributed by atoms with Crippen molar-refractivity contribution < 1.29 is 5.48 Å². The largest absolute Gasteiger partial charge is 0.870 e. The van der Waals surface area contributed by atoms with Crippen LogP contribution in [-0.2, 0) is 0 Å². The Morgan fingerprint density at radius 1 is 0.485 bits per heavy atom. The zero-order chi connectivity index (χ0) is 23.3. The average molecular weight is 462 g/mol. The zero-order valence-corrected chi connectivity index (χ0v) is 23.1. The lowest BCUT2D eigenvalue weighted by molar-refractivity contribution is 0.291. The molecule has 0 aromatic heterocycles. The van der Waals surface area contributed by atoms with Crippen molar-refractivity contribution in [1.29, 1.82) is 0 Å². The molecule has 0 saturated carbocycles. The number of unbranched alkanes of at least 4 members (excludes halogenated alkanes) is 17. The Hall–Kier alpha value is -0.860. The smallest absolute Gasteiger partial charge is 0.132 e. The Labute approximate surface area is 208 Å². The molecule has 0 atom stereocenters. The van der Waals surface area contributed by atoms with Gasteiger partial charge in [0.2, 0.25) is 0 Å². The minimum absolute atomic E-state index is 0. The lowest BCUT2D eigenvalue weighted by Crippen LogP contribution is -2.49. The lowest BCUT2D eigenvalue weighted by Gasteiger charge is -2.36. The first-order valence-corrected chi connectivity index (χ1v) is 14.6. The van der Waals surface area contributed by atoms with E-state index in [0.29, 0.717) is 0 Å². The Morgan fingerprint density at radius 2 is 0.818 bits per heavy atom. The van der Waals surface area contributed by atoms with Crippen molar-refractivity contribution in [1.82, 2.24) is 4.48 Å². The highest BCUT2D eigenvalue weighted by molar-refractivity contribution is 5.44. The number of quaternary nitrogens is 1. The van der Waals surface area contributed by atoms with Crippen molar-refractivity contribution >= 4 is 5.69 Å². The summed E-state index contributed by atoms with van der Waals surface area (Å²) in [5.74, 6) is 0. The normalized spacial score (nSPS) is 11.5. The molecule has 0 aliphatic heterocycles. The third kappa shape index (κ3) is 14.9. The van der Waals surface area contributed by atoms with E-state index in [9.17, 15) is 0 Å². The van der Waals surface area contributed by atoms with Crippen LogP contribution in [0.4, 0.5) is 5.69 Å². The van der Waals surface area contributed by atoms with Crippen LogP contribution >= 0.6 is 0 Å². The Kier molecular flexibility index (Phi) is 21.1. The number of benzene rings is 1. The van der Waals surface area contributed by atoms with Gasteiger partial charge in [0.1, 0.15) is 5.69 Å². The quantitative estimate of drug-likeness (QED) is 0.125. The molecule has 0 aliphatic carbocycles. The van der Waals surface area contributed by atoms with E-state index in [1.165, 1.54) is 146 Å². The molecule has 0 amide bonds. The molecule has 0 radical (unpaired) electrons. The van der Waals surface area contributed by atoms with Crippen LogP contribution in [0.2, 0.25) is 0 Å². The van der Waals surface area contributed by atoms with Crippen molar-refractivity contribution in [3.05, 3.63) is 29.8 Å². The maximum atomic E-state index is 2.36. The van der Waals surface area contributed by atoms with Gasteiger partial charge in [-0.05, 0) is 45.7 Å². The predicted octanol–water partition coefficient (Wildman–Crippen LogP) is 10.2. The molecule has 2 heteroatoms. The van der Waals surface area contributed by atoms with Gasteiger partial charge in [-0.1, -0.05) is 127 Å². The van der Waals surface area contributed by atoms with Crippen LogP contribution in [0, 0.1) is 6.92 Å². The van der Waals surface area contributed by atoms with Gasteiger partial charge in [0, 0.05) is 0 Å². The van der Waals surface area contributed by atoms with E-state index >= 15 is 0 Å². The molecular formula is C31H59NO. The molecule has 33 heavy (non-hydrogen) atoms. The summed E-state index contributed by atoms with van der Waals surface area (Å²) in [7, 11) is 0. The SMILES string of the molecule is CCCCCCCCCCCCCCCCCCCC[N+](CC)(CC)c1ccc(C)cc1.[OH-]. The fourth-order valence-electron chi connectivity index (χ4n) is 5.21. The second kappa shape index (κ2) is 21.7. The van der Waals surface area contributed by atoms with E-state index in [1.54, 1.807) is 0 Å². The van der Waals surface area contributed by atoms with Gasteiger partial charge in [0.25, 0.3) is 0 Å². The molecule has 0 bridgehead atoms. The molecule has 2 nitrogen and oxygen atoms in total. The van der Waals surface area contributed by atoms with Crippen molar-refractivity contribution in [3.8, 4) is 0 Å². The molecule has 0 heterocycles. The van der Waals surface area contributed by atoms with Gasteiger partial charge in [-0.25, -0.2) is 0 Å². The third-order valence-electron chi connectivity index (χ3n) is 7.73. The van der Waals surface area contributed by atoms with Crippen molar-refractivity contribution in [3.63, 3.8) is 0 Å². The molecule has 0 fully saturated rings. The number of hydrogen-bond acceptors (Lipinski definition) is 1. The summed E-state index contributed by atoms with van der Waals surface area (Å²) < 4.78 is 1.15. The minimum atomic E-state index is 0. The average Bonchev–Trinajstić information content (AvgIpc) is 2.82. The second-order valence-corrected chi connectivity index (χ2v) is 10.3. The number of aryl methyl sites for hydroxylation is 1. The molecule has 0 aliphatic rings. The summed E-state index contributed by atoms with van der Waals surface area (Å²) in [4.78, 5) is 0. The lowest BCUT2D eigenvalue weighted by atomic mass is 10.0. The molecule has 1 aromatic carbocycles. The number of hydrogen-bond donors (Lipinski definition) is 0. The molecule has 0 unspecified atom stereocenters. The van der Waals surface area contributed by atoms with E-state index in [0.717, 1.165) is 4.48 Å². The van der Waals surface area contributed by atoms with Gasteiger partial charge in [0.15, 0.2) is 0 Å². The van der Waals surface area contributed by atoms with E-state index in [-0.39, 0.29) is 5.48 Å². The van der Waals surface area contributed by atoms with Crippen LogP contribution < -0.4 is 4.48 Å². The van der Waals surface area contributed by atoms with E-state index in [4.69, 9.17) is 0 Å². The summed E-state index contributed by atoms with van der Waals surface area (Å²) >= 11 is 0. The summed E-state index contributed by atoms with van der Waals surface area (Å²) in [5, 5.41) is 0. The van der Waals surface area contributed by atoms with Gasteiger partial charge in [-0.3, -0.25) is 4.48 Å². The van der Waals surface area contributed by atoms with Crippen LogP contribution in [0.15, 0.2) is 24.3 Å². The first-order chi connectivity index (χ1) is 15.7. The first kappa shape index (κ1) is 32.1. The summed E-state index contributed by atoms with van der Waals surface area (Å²) in [6.07, 6.45) is 26.1. The summed E-state index contributed by atoms with van der Waals surface area (Å²) in [5.41, 5.74) is 2.87. The predicted molar refractivity (Wildman–Crippen MR) is 150 cm³/mol. The van der Waals surface area contributed by atoms with Gasteiger partial charge in [-0.15, -0.1) is 0 Å². The third-order valence-corrected chi connectivity index (χ3v) is 7.73. The molecule has 0 saturated heterocycles. The van der Waals surface area contributed by atoms with Crippen LogP contribution in [0.1, 0.15) is 142 Å². The first-order valence-electron chi connectivity index (χ1n) is 14.6.